The van der Waals surface area contributed by atoms with Crippen LogP contribution in [0.3, 0.4) is 0 Å². The summed E-state index contributed by atoms with van der Waals surface area (Å²) in [5.74, 6) is 0. The number of nitrogens with two attached hydrogens (primary N) is 1. The fourth-order valence-corrected chi connectivity index (χ4v) is 2.29. The van der Waals surface area contributed by atoms with Crippen molar-refractivity contribution in [2.45, 2.75) is 32.3 Å². The summed E-state index contributed by atoms with van der Waals surface area (Å²) in [5.41, 5.74) is 6.14. The molecule has 1 aliphatic heterocycles. The molecule has 0 aliphatic carbocycles. The fourth-order valence-electron chi connectivity index (χ4n) is 2.29. The zero-order valence-corrected chi connectivity index (χ0v) is 10.6. The molecule has 1 atom stereocenters. The van der Waals surface area contributed by atoms with E-state index in [1.165, 1.54) is 0 Å². The zero-order chi connectivity index (χ0) is 12.0. The van der Waals surface area contributed by atoms with E-state index >= 15 is 0 Å². The Morgan fingerprint density at radius 1 is 1.44 bits per heavy atom. The number of hydrogen-bond acceptors (Lipinski definition) is 4. The zero-order valence-electron chi connectivity index (χ0n) is 10.6. The van der Waals surface area contributed by atoms with Crippen LogP contribution in [0.4, 0.5) is 0 Å². The van der Waals surface area contributed by atoms with E-state index < -0.39 is 0 Å². The molecule has 1 rings (SSSR count). The molecule has 0 saturated carbocycles. The molecule has 16 heavy (non-hydrogen) atoms. The summed E-state index contributed by atoms with van der Waals surface area (Å²) < 4.78 is 5.39. The molecule has 1 aliphatic rings. The van der Waals surface area contributed by atoms with Crippen molar-refractivity contribution < 1.29 is 9.84 Å². The lowest BCUT2D eigenvalue weighted by Crippen LogP contribution is -2.45. The van der Waals surface area contributed by atoms with Crippen LogP contribution in [0, 0.1) is 5.41 Å². The Bertz CT molecular complexity index is 191. The minimum Gasteiger partial charge on any atom is -0.393 e. The molecule has 1 saturated heterocycles. The lowest BCUT2D eigenvalue weighted by molar-refractivity contribution is 0.00226. The first kappa shape index (κ1) is 13.9. The Kier molecular flexibility index (Phi) is 5.69. The normalized spacial score (nSPS) is 22.3. The van der Waals surface area contributed by atoms with Gasteiger partial charge in [0.2, 0.25) is 0 Å². The molecule has 4 heteroatoms. The number of nitrogens with zero attached hydrogens (tertiary/aromatic N) is 1. The molecule has 0 amide bonds. The van der Waals surface area contributed by atoms with Crippen LogP contribution in [0.1, 0.15) is 26.2 Å². The van der Waals surface area contributed by atoms with Crippen LogP contribution in [0.15, 0.2) is 0 Å². The predicted octanol–water partition coefficient (Wildman–Crippen LogP) is 0.445. The highest BCUT2D eigenvalue weighted by molar-refractivity contribution is 4.85. The summed E-state index contributed by atoms with van der Waals surface area (Å²) in [7, 11) is 2.11. The van der Waals surface area contributed by atoms with Crippen LogP contribution >= 0.6 is 0 Å². The second-order valence-corrected chi connectivity index (χ2v) is 5.19. The Labute approximate surface area is 98.8 Å². The molecule has 1 fully saturated rings. The minimum absolute atomic E-state index is 0.217. The molecule has 0 aromatic heterocycles. The first-order valence-corrected chi connectivity index (χ1v) is 6.22. The number of aliphatic hydroxyl groups excluding tert-OH is 1. The molecular formula is C12H26N2O2. The third-order valence-corrected chi connectivity index (χ3v) is 3.52. The molecule has 4 nitrogen and oxygen atoms in total. The fraction of sp³-hybridized carbons (Fsp3) is 1.00. The minimum atomic E-state index is -0.217. The topological polar surface area (TPSA) is 58.7 Å². The summed E-state index contributed by atoms with van der Waals surface area (Å²) in [6, 6.07) is 0. The molecule has 0 aromatic carbocycles. The van der Waals surface area contributed by atoms with Crippen LogP contribution in [-0.4, -0.2) is 56.0 Å². The summed E-state index contributed by atoms with van der Waals surface area (Å²) in [6.45, 7) is 6.18. The van der Waals surface area contributed by atoms with Gasteiger partial charge in [-0.1, -0.05) is 0 Å². The maximum Gasteiger partial charge on any atom is 0.0524 e. The van der Waals surface area contributed by atoms with Gasteiger partial charge >= 0.3 is 0 Å². The van der Waals surface area contributed by atoms with E-state index in [1.807, 2.05) is 6.92 Å². The molecule has 0 aromatic rings. The molecule has 1 unspecified atom stereocenters. The van der Waals surface area contributed by atoms with Gasteiger partial charge in [-0.05, 0) is 45.2 Å². The molecular weight excluding hydrogens is 204 g/mol. The average molecular weight is 230 g/mol. The maximum atomic E-state index is 9.26. The summed E-state index contributed by atoms with van der Waals surface area (Å²) in [4.78, 5) is 2.28. The van der Waals surface area contributed by atoms with Crippen LogP contribution in [0.25, 0.3) is 0 Å². The van der Waals surface area contributed by atoms with E-state index in [9.17, 15) is 5.11 Å². The van der Waals surface area contributed by atoms with Gasteiger partial charge in [0, 0.05) is 26.3 Å². The van der Waals surface area contributed by atoms with Gasteiger partial charge in [0.05, 0.1) is 6.10 Å². The van der Waals surface area contributed by atoms with Crippen LogP contribution < -0.4 is 5.73 Å². The molecule has 3 N–H and O–H groups in total. The van der Waals surface area contributed by atoms with Crippen LogP contribution in [0.2, 0.25) is 0 Å². The van der Waals surface area contributed by atoms with E-state index in [1.54, 1.807) is 0 Å². The lowest BCUT2D eigenvalue weighted by atomic mass is 9.80. The van der Waals surface area contributed by atoms with Gasteiger partial charge in [-0.2, -0.15) is 0 Å². The first-order valence-electron chi connectivity index (χ1n) is 6.22. The second kappa shape index (κ2) is 6.55. The standard InChI is InChI=1S/C12H26N2O2/c1-11(15)3-6-14(2)10-12(9-13)4-7-16-8-5-12/h11,15H,3-10,13H2,1-2H3. The highest BCUT2D eigenvalue weighted by Gasteiger charge is 2.32. The second-order valence-electron chi connectivity index (χ2n) is 5.19. The third-order valence-electron chi connectivity index (χ3n) is 3.52. The van der Waals surface area contributed by atoms with Crippen LogP contribution in [-0.2, 0) is 4.74 Å². The monoisotopic (exact) mass is 230 g/mol. The van der Waals surface area contributed by atoms with Crippen molar-refractivity contribution in [2.24, 2.45) is 11.1 Å². The number of aliphatic hydroxyl groups is 1. The summed E-state index contributed by atoms with van der Waals surface area (Å²) >= 11 is 0. The van der Waals surface area contributed by atoms with Crippen molar-refractivity contribution in [1.82, 2.24) is 4.90 Å². The largest absolute Gasteiger partial charge is 0.393 e. The Balaban J connectivity index is 2.36. The molecule has 0 radical (unpaired) electrons. The van der Waals surface area contributed by atoms with E-state index in [0.717, 1.165) is 52.1 Å². The van der Waals surface area contributed by atoms with Gasteiger partial charge < -0.3 is 20.5 Å². The number of hydrogen-bond donors (Lipinski definition) is 2. The first-order chi connectivity index (χ1) is 7.58. The van der Waals surface area contributed by atoms with Crippen molar-refractivity contribution in [3.63, 3.8) is 0 Å². The molecule has 96 valence electrons. The lowest BCUT2D eigenvalue weighted by Gasteiger charge is -2.39. The van der Waals surface area contributed by atoms with Crippen LogP contribution in [0.5, 0.6) is 0 Å². The van der Waals surface area contributed by atoms with Gasteiger partial charge in [-0.25, -0.2) is 0 Å². The van der Waals surface area contributed by atoms with Crippen molar-refractivity contribution in [2.75, 3.05) is 39.9 Å². The summed E-state index contributed by atoms with van der Waals surface area (Å²) in [6.07, 6.45) is 2.73. The Morgan fingerprint density at radius 2 is 2.06 bits per heavy atom. The Morgan fingerprint density at radius 3 is 2.56 bits per heavy atom. The van der Waals surface area contributed by atoms with Crippen molar-refractivity contribution in [3.05, 3.63) is 0 Å². The van der Waals surface area contributed by atoms with Crippen molar-refractivity contribution in [1.29, 1.82) is 0 Å². The molecule has 1 heterocycles. The van der Waals surface area contributed by atoms with E-state index in [4.69, 9.17) is 10.5 Å². The maximum absolute atomic E-state index is 9.26. The van der Waals surface area contributed by atoms with Crippen molar-refractivity contribution >= 4 is 0 Å². The highest BCUT2D eigenvalue weighted by Crippen LogP contribution is 2.29. The molecule has 0 bridgehead atoms. The van der Waals surface area contributed by atoms with Gasteiger partial charge in [-0.3, -0.25) is 0 Å². The van der Waals surface area contributed by atoms with E-state index in [-0.39, 0.29) is 11.5 Å². The summed E-state index contributed by atoms with van der Waals surface area (Å²) in [5, 5.41) is 9.26. The van der Waals surface area contributed by atoms with Gasteiger partial charge in [-0.15, -0.1) is 0 Å². The van der Waals surface area contributed by atoms with Gasteiger partial charge in [0.15, 0.2) is 0 Å². The van der Waals surface area contributed by atoms with E-state index in [0.29, 0.717) is 0 Å². The predicted molar refractivity (Wildman–Crippen MR) is 65.3 cm³/mol. The number of rotatable bonds is 6. The average Bonchev–Trinajstić information content (AvgIpc) is 2.28. The SMILES string of the molecule is CC(O)CCN(C)CC1(CN)CCOCC1. The quantitative estimate of drug-likeness (QED) is 0.695. The van der Waals surface area contributed by atoms with E-state index in [2.05, 4.69) is 11.9 Å². The van der Waals surface area contributed by atoms with Gasteiger partial charge in [0.1, 0.15) is 0 Å². The van der Waals surface area contributed by atoms with Crippen molar-refractivity contribution in [3.8, 4) is 0 Å². The Hall–Kier alpha value is -0.160. The highest BCUT2D eigenvalue weighted by atomic mass is 16.5. The third kappa shape index (κ3) is 4.37. The molecule has 0 spiro atoms. The number of ether oxygens (including phenoxy) is 1. The smallest absolute Gasteiger partial charge is 0.0524 e. The van der Waals surface area contributed by atoms with Gasteiger partial charge in [0.25, 0.3) is 0 Å².